The minimum absolute atomic E-state index is 0.0518. The maximum Gasteiger partial charge on any atom is 0.227 e. The van der Waals surface area contributed by atoms with Crippen molar-refractivity contribution in [2.24, 2.45) is 17.1 Å². The van der Waals surface area contributed by atoms with Crippen LogP contribution in [0.5, 0.6) is 5.75 Å². The van der Waals surface area contributed by atoms with Gasteiger partial charge in [0.15, 0.2) is 12.4 Å². The molecular weight excluding hydrogens is 462 g/mol. The van der Waals surface area contributed by atoms with E-state index in [0.29, 0.717) is 38.5 Å². The molecule has 36 heavy (non-hydrogen) atoms. The number of anilines is 1. The highest BCUT2D eigenvalue weighted by Gasteiger charge is 2.39. The summed E-state index contributed by atoms with van der Waals surface area (Å²) in [5.74, 6) is 0.163. The molecule has 2 aliphatic heterocycles. The minimum atomic E-state index is -0.837. The van der Waals surface area contributed by atoms with Crippen molar-refractivity contribution in [3.05, 3.63) is 24.3 Å². The fourth-order valence-corrected chi connectivity index (χ4v) is 4.79. The van der Waals surface area contributed by atoms with Gasteiger partial charge in [0.25, 0.3) is 0 Å². The Hall–Kier alpha value is -2.20. The van der Waals surface area contributed by atoms with Gasteiger partial charge in [0.1, 0.15) is 5.75 Å². The third-order valence-electron chi connectivity index (χ3n) is 6.83. The SMILES string of the molecule is CCCCNC(=O)[C@H](C)C[C@H](O)[C@@H](N)CC(C)(C)CC(=O)N1C[C@H](C2OCCO2)Oc2ccccc21. The zero-order valence-corrected chi connectivity index (χ0v) is 22.1. The van der Waals surface area contributed by atoms with Crippen molar-refractivity contribution in [3.8, 4) is 5.75 Å². The van der Waals surface area contributed by atoms with E-state index < -0.39 is 30.0 Å². The number of nitrogens with two attached hydrogens (primary N) is 1. The number of carbonyl (C=O) groups excluding carboxylic acids is 2. The van der Waals surface area contributed by atoms with E-state index in [0.717, 1.165) is 18.5 Å². The molecular formula is C27H43N3O6. The van der Waals surface area contributed by atoms with Gasteiger partial charge in [0, 0.05) is 24.9 Å². The van der Waals surface area contributed by atoms with Crippen LogP contribution < -0.4 is 20.7 Å². The number of aliphatic hydroxyl groups excluding tert-OH is 1. The number of para-hydroxylation sites is 2. The molecule has 9 nitrogen and oxygen atoms in total. The average Bonchev–Trinajstić information content (AvgIpc) is 3.37. The van der Waals surface area contributed by atoms with Gasteiger partial charge in [0.2, 0.25) is 11.8 Å². The van der Waals surface area contributed by atoms with E-state index in [1.807, 2.05) is 38.1 Å². The molecule has 202 valence electrons. The second-order valence-electron chi connectivity index (χ2n) is 10.8. The first-order valence-corrected chi connectivity index (χ1v) is 13.1. The highest BCUT2D eigenvalue weighted by molar-refractivity contribution is 5.95. The zero-order chi connectivity index (χ0) is 26.3. The summed E-state index contributed by atoms with van der Waals surface area (Å²) in [7, 11) is 0. The van der Waals surface area contributed by atoms with Crippen LogP contribution in [-0.2, 0) is 19.1 Å². The Morgan fingerprint density at radius 1 is 1.25 bits per heavy atom. The van der Waals surface area contributed by atoms with Crippen molar-refractivity contribution < 1.29 is 28.9 Å². The van der Waals surface area contributed by atoms with Crippen LogP contribution >= 0.6 is 0 Å². The first-order chi connectivity index (χ1) is 17.1. The number of fused-ring (bicyclic) bond motifs is 1. The number of rotatable bonds is 12. The van der Waals surface area contributed by atoms with Gasteiger partial charge in [-0.3, -0.25) is 9.59 Å². The highest BCUT2D eigenvalue weighted by Crippen LogP contribution is 2.37. The molecule has 3 rings (SSSR count). The van der Waals surface area contributed by atoms with Gasteiger partial charge in [-0.05, 0) is 36.8 Å². The molecule has 0 bridgehead atoms. The Labute approximate surface area is 214 Å². The largest absolute Gasteiger partial charge is 0.481 e. The molecule has 0 radical (unpaired) electrons. The smallest absolute Gasteiger partial charge is 0.227 e. The summed E-state index contributed by atoms with van der Waals surface area (Å²) in [5, 5.41) is 13.6. The number of ether oxygens (including phenoxy) is 3. The minimum Gasteiger partial charge on any atom is -0.481 e. The van der Waals surface area contributed by atoms with E-state index >= 15 is 0 Å². The number of nitrogens with one attached hydrogen (secondary N) is 1. The topological polar surface area (TPSA) is 123 Å². The third kappa shape index (κ3) is 7.65. The fourth-order valence-electron chi connectivity index (χ4n) is 4.79. The number of benzene rings is 1. The number of carbonyl (C=O) groups is 2. The normalized spacial score (nSPS) is 20.8. The van der Waals surface area contributed by atoms with Crippen LogP contribution in [0.25, 0.3) is 0 Å². The summed E-state index contributed by atoms with van der Waals surface area (Å²) in [6, 6.07) is 6.91. The van der Waals surface area contributed by atoms with E-state index in [9.17, 15) is 14.7 Å². The Kier molecular flexibility index (Phi) is 10.1. The predicted octanol–water partition coefficient (Wildman–Crippen LogP) is 2.59. The lowest BCUT2D eigenvalue weighted by molar-refractivity contribution is -0.126. The lowest BCUT2D eigenvalue weighted by Gasteiger charge is -2.38. The van der Waals surface area contributed by atoms with Gasteiger partial charge < -0.3 is 35.3 Å². The highest BCUT2D eigenvalue weighted by atomic mass is 16.7. The predicted molar refractivity (Wildman–Crippen MR) is 138 cm³/mol. The molecule has 0 aliphatic carbocycles. The van der Waals surface area contributed by atoms with Crippen LogP contribution in [0.3, 0.4) is 0 Å². The lowest BCUT2D eigenvalue weighted by Crippen LogP contribution is -2.50. The second kappa shape index (κ2) is 12.9. The van der Waals surface area contributed by atoms with Gasteiger partial charge in [-0.25, -0.2) is 0 Å². The van der Waals surface area contributed by atoms with E-state index in [4.69, 9.17) is 19.9 Å². The van der Waals surface area contributed by atoms with Crippen LogP contribution in [0.1, 0.15) is 59.8 Å². The molecule has 0 unspecified atom stereocenters. The van der Waals surface area contributed by atoms with Gasteiger partial charge in [-0.2, -0.15) is 0 Å². The average molecular weight is 506 g/mol. The van der Waals surface area contributed by atoms with Gasteiger partial charge >= 0.3 is 0 Å². The van der Waals surface area contributed by atoms with Crippen LogP contribution in [0.2, 0.25) is 0 Å². The van der Waals surface area contributed by atoms with E-state index in [1.165, 1.54) is 0 Å². The summed E-state index contributed by atoms with van der Waals surface area (Å²) in [6.45, 7) is 9.81. The molecule has 9 heteroatoms. The van der Waals surface area contributed by atoms with Gasteiger partial charge in [-0.15, -0.1) is 0 Å². The Morgan fingerprint density at radius 2 is 1.94 bits per heavy atom. The van der Waals surface area contributed by atoms with E-state index in [-0.39, 0.29) is 30.6 Å². The van der Waals surface area contributed by atoms with Crippen LogP contribution in [0.15, 0.2) is 24.3 Å². The van der Waals surface area contributed by atoms with Crippen LogP contribution in [0.4, 0.5) is 5.69 Å². The molecule has 2 aliphatic rings. The Balaban J connectivity index is 1.58. The number of hydrogen-bond donors (Lipinski definition) is 3. The number of hydrogen-bond acceptors (Lipinski definition) is 7. The molecule has 1 fully saturated rings. The molecule has 1 saturated heterocycles. The summed E-state index contributed by atoms with van der Waals surface area (Å²) >= 11 is 0. The molecule has 2 heterocycles. The number of nitrogens with zero attached hydrogens (tertiary/aromatic N) is 1. The van der Waals surface area contributed by atoms with E-state index in [2.05, 4.69) is 12.2 Å². The van der Waals surface area contributed by atoms with Gasteiger partial charge in [0.05, 0.1) is 31.5 Å². The van der Waals surface area contributed by atoms with Crippen LogP contribution in [-0.4, -0.2) is 67.8 Å². The standard InChI is InChI=1S/C27H43N3O6/c1-5-6-11-29-25(33)18(2)14-21(31)19(28)15-27(3,4)16-24(32)30-17-23(26-34-12-13-35-26)36-22-10-8-7-9-20(22)30/h7-10,18-19,21,23,26,31H,5-6,11-17,28H2,1-4H3,(H,29,33)/t18-,19+,21+,23-/m1/s1. The summed E-state index contributed by atoms with van der Waals surface area (Å²) in [6.07, 6.45) is 1.14. The maximum absolute atomic E-state index is 13.5. The Bertz CT molecular complexity index is 873. The van der Waals surface area contributed by atoms with Crippen molar-refractivity contribution in [2.75, 3.05) is 31.2 Å². The number of amides is 2. The molecule has 0 aromatic heterocycles. The van der Waals surface area contributed by atoms with Crippen molar-refractivity contribution in [1.82, 2.24) is 5.32 Å². The summed E-state index contributed by atoms with van der Waals surface area (Å²) < 4.78 is 17.3. The molecule has 2 amide bonds. The monoisotopic (exact) mass is 505 g/mol. The number of aliphatic hydroxyl groups is 1. The summed E-state index contributed by atoms with van der Waals surface area (Å²) in [5.41, 5.74) is 6.61. The molecule has 4 N–H and O–H groups in total. The van der Waals surface area contributed by atoms with Crippen molar-refractivity contribution in [1.29, 1.82) is 0 Å². The maximum atomic E-state index is 13.5. The first kappa shape index (κ1) is 28.4. The molecule has 0 saturated carbocycles. The quantitative estimate of drug-likeness (QED) is 0.373. The molecule has 1 aromatic rings. The molecule has 1 aromatic carbocycles. The van der Waals surface area contributed by atoms with Crippen molar-refractivity contribution >= 4 is 17.5 Å². The third-order valence-corrected chi connectivity index (χ3v) is 6.83. The van der Waals surface area contributed by atoms with Crippen molar-refractivity contribution in [3.63, 3.8) is 0 Å². The van der Waals surface area contributed by atoms with Crippen LogP contribution in [0, 0.1) is 11.3 Å². The Morgan fingerprint density at radius 3 is 2.64 bits per heavy atom. The zero-order valence-electron chi connectivity index (χ0n) is 22.1. The lowest BCUT2D eigenvalue weighted by atomic mass is 9.80. The van der Waals surface area contributed by atoms with Crippen molar-refractivity contribution in [2.45, 2.75) is 84.3 Å². The fraction of sp³-hybridized carbons (Fsp3) is 0.704. The first-order valence-electron chi connectivity index (χ1n) is 13.1. The number of unbranched alkanes of at least 4 members (excludes halogenated alkanes) is 1. The van der Waals surface area contributed by atoms with Gasteiger partial charge in [-0.1, -0.05) is 46.2 Å². The molecule has 0 spiro atoms. The second-order valence-corrected chi connectivity index (χ2v) is 10.8. The molecule has 4 atom stereocenters. The summed E-state index contributed by atoms with van der Waals surface area (Å²) in [4.78, 5) is 27.5. The van der Waals surface area contributed by atoms with E-state index in [1.54, 1.807) is 11.8 Å².